The maximum atomic E-state index is 6.07. The van der Waals surface area contributed by atoms with Gasteiger partial charge in [0.2, 0.25) is 0 Å². The van der Waals surface area contributed by atoms with E-state index in [-0.39, 0.29) is 0 Å². The third-order valence-electron chi connectivity index (χ3n) is 2.96. The van der Waals surface area contributed by atoms with Crippen molar-refractivity contribution >= 4 is 27.5 Å². The van der Waals surface area contributed by atoms with Crippen LogP contribution in [0.2, 0.25) is 0 Å². The van der Waals surface area contributed by atoms with Crippen molar-refractivity contribution in [2.24, 2.45) is 11.3 Å². The Morgan fingerprint density at radius 3 is 2.24 bits per heavy atom. The lowest BCUT2D eigenvalue weighted by Gasteiger charge is -2.22. The molecule has 0 aliphatic carbocycles. The zero-order valence-corrected chi connectivity index (χ0v) is 13.3. The van der Waals surface area contributed by atoms with Crippen molar-refractivity contribution in [2.75, 3.05) is 5.88 Å². The topological polar surface area (TPSA) is 0 Å². The van der Waals surface area contributed by atoms with E-state index < -0.39 is 0 Å². The normalized spacial score (nSPS) is 13.7. The third-order valence-corrected chi connectivity index (χ3v) is 3.92. The van der Waals surface area contributed by atoms with Crippen LogP contribution in [0, 0.1) is 11.3 Å². The Bertz CT molecular complexity index is 324. The summed E-state index contributed by atoms with van der Waals surface area (Å²) in [5, 5.41) is 0. The zero-order chi connectivity index (χ0) is 12.9. The van der Waals surface area contributed by atoms with Gasteiger partial charge in [-0.2, -0.15) is 0 Å². The third kappa shape index (κ3) is 6.47. The summed E-state index contributed by atoms with van der Waals surface area (Å²) < 4.78 is 1.14. The molecule has 17 heavy (non-hydrogen) atoms. The van der Waals surface area contributed by atoms with Crippen molar-refractivity contribution in [2.45, 2.75) is 40.0 Å². The second-order valence-electron chi connectivity index (χ2n) is 5.95. The first kappa shape index (κ1) is 15.0. The second-order valence-corrected chi connectivity index (χ2v) is 7.17. The Morgan fingerprint density at radius 2 is 1.76 bits per heavy atom. The van der Waals surface area contributed by atoms with Crippen molar-refractivity contribution in [3.05, 3.63) is 34.3 Å². The number of alkyl halides is 1. The fourth-order valence-corrected chi connectivity index (χ4v) is 2.35. The molecular formula is C15H22BrCl. The molecule has 0 spiro atoms. The molecule has 96 valence electrons. The summed E-state index contributed by atoms with van der Waals surface area (Å²) in [7, 11) is 0. The highest BCUT2D eigenvalue weighted by Gasteiger charge is 2.15. The molecule has 0 bridgehead atoms. The summed E-state index contributed by atoms with van der Waals surface area (Å²) in [5.41, 5.74) is 1.79. The van der Waals surface area contributed by atoms with Gasteiger partial charge in [-0.1, -0.05) is 48.8 Å². The lowest BCUT2D eigenvalue weighted by atomic mass is 9.85. The Balaban J connectivity index is 2.49. The molecule has 0 saturated carbocycles. The summed E-state index contributed by atoms with van der Waals surface area (Å²) in [6, 6.07) is 8.57. The highest BCUT2D eigenvalue weighted by molar-refractivity contribution is 9.10. The van der Waals surface area contributed by atoms with Crippen LogP contribution < -0.4 is 0 Å². The number of rotatable bonds is 5. The fraction of sp³-hybridized carbons (Fsp3) is 0.600. The van der Waals surface area contributed by atoms with E-state index in [4.69, 9.17) is 11.6 Å². The molecule has 0 nitrogen and oxygen atoms in total. The summed E-state index contributed by atoms with van der Waals surface area (Å²) >= 11 is 9.53. The van der Waals surface area contributed by atoms with E-state index in [0.717, 1.165) is 16.8 Å². The van der Waals surface area contributed by atoms with Gasteiger partial charge in [0.25, 0.3) is 0 Å². The van der Waals surface area contributed by atoms with E-state index >= 15 is 0 Å². The molecule has 0 fully saturated rings. The minimum absolute atomic E-state index is 0.407. The van der Waals surface area contributed by atoms with Crippen LogP contribution in [0.1, 0.15) is 39.2 Å². The van der Waals surface area contributed by atoms with Crippen molar-refractivity contribution in [1.82, 2.24) is 0 Å². The molecule has 0 heterocycles. The van der Waals surface area contributed by atoms with E-state index in [0.29, 0.717) is 11.3 Å². The Labute approximate surface area is 119 Å². The van der Waals surface area contributed by atoms with E-state index in [9.17, 15) is 0 Å². The highest BCUT2D eigenvalue weighted by Crippen LogP contribution is 2.26. The van der Waals surface area contributed by atoms with Gasteiger partial charge in [-0.25, -0.2) is 0 Å². The SMILES string of the molecule is CC(C)(C)CCC(CCl)Cc1ccc(Br)cc1. The monoisotopic (exact) mass is 316 g/mol. The van der Waals surface area contributed by atoms with Crippen molar-refractivity contribution in [3.8, 4) is 0 Å². The molecule has 1 unspecified atom stereocenters. The van der Waals surface area contributed by atoms with Gasteiger partial charge < -0.3 is 0 Å². The smallest absolute Gasteiger partial charge is 0.0254 e. The van der Waals surface area contributed by atoms with Gasteiger partial charge in [-0.15, -0.1) is 11.6 Å². The molecule has 0 radical (unpaired) electrons. The molecule has 1 atom stereocenters. The molecular weight excluding hydrogens is 296 g/mol. The first-order chi connectivity index (χ1) is 7.90. The standard InChI is InChI=1S/C15H22BrCl/c1-15(2,3)9-8-13(11-17)10-12-4-6-14(16)7-5-12/h4-7,13H,8-11H2,1-3H3. The molecule has 1 rings (SSSR count). The number of halogens is 2. The van der Waals surface area contributed by atoms with Crippen LogP contribution in [0.25, 0.3) is 0 Å². The van der Waals surface area contributed by atoms with Gasteiger partial charge in [-0.05, 0) is 48.3 Å². The summed E-state index contributed by atoms with van der Waals surface area (Å²) in [6.07, 6.45) is 3.54. The van der Waals surface area contributed by atoms with Crippen LogP contribution in [-0.4, -0.2) is 5.88 Å². The average Bonchev–Trinajstić information content (AvgIpc) is 2.25. The van der Waals surface area contributed by atoms with E-state index in [2.05, 4.69) is 61.0 Å². The summed E-state index contributed by atoms with van der Waals surface area (Å²) in [5.74, 6) is 1.35. The molecule has 0 aliphatic rings. The predicted molar refractivity (Wildman–Crippen MR) is 80.7 cm³/mol. The van der Waals surface area contributed by atoms with Crippen molar-refractivity contribution in [3.63, 3.8) is 0 Å². The summed E-state index contributed by atoms with van der Waals surface area (Å²) in [4.78, 5) is 0. The Hall–Kier alpha value is -0.0100. The molecule has 2 heteroatoms. The fourth-order valence-electron chi connectivity index (χ4n) is 1.82. The number of benzene rings is 1. The van der Waals surface area contributed by atoms with Crippen molar-refractivity contribution < 1.29 is 0 Å². The molecule has 0 amide bonds. The molecule has 0 saturated heterocycles. The van der Waals surface area contributed by atoms with Crippen LogP contribution in [-0.2, 0) is 6.42 Å². The van der Waals surface area contributed by atoms with Gasteiger partial charge in [0.1, 0.15) is 0 Å². The maximum Gasteiger partial charge on any atom is 0.0254 e. The second kappa shape index (κ2) is 6.80. The lowest BCUT2D eigenvalue weighted by Crippen LogP contribution is -2.12. The van der Waals surface area contributed by atoms with E-state index in [1.807, 2.05) is 0 Å². The predicted octanol–water partition coefficient (Wildman–Crippen LogP) is 5.67. The van der Waals surface area contributed by atoms with Gasteiger partial charge in [0.05, 0.1) is 0 Å². The van der Waals surface area contributed by atoms with Gasteiger partial charge in [0, 0.05) is 10.4 Å². The van der Waals surface area contributed by atoms with Crippen LogP contribution in [0.5, 0.6) is 0 Å². The van der Waals surface area contributed by atoms with Gasteiger partial charge >= 0.3 is 0 Å². The van der Waals surface area contributed by atoms with E-state index in [1.54, 1.807) is 0 Å². The Morgan fingerprint density at radius 1 is 1.18 bits per heavy atom. The number of hydrogen-bond donors (Lipinski definition) is 0. The largest absolute Gasteiger partial charge is 0.126 e. The van der Waals surface area contributed by atoms with Crippen molar-refractivity contribution in [1.29, 1.82) is 0 Å². The van der Waals surface area contributed by atoms with Crippen LogP contribution >= 0.6 is 27.5 Å². The van der Waals surface area contributed by atoms with Gasteiger partial charge in [-0.3, -0.25) is 0 Å². The minimum atomic E-state index is 0.407. The van der Waals surface area contributed by atoms with Crippen LogP contribution in [0.3, 0.4) is 0 Å². The molecule has 0 N–H and O–H groups in total. The molecule has 0 aromatic heterocycles. The number of hydrogen-bond acceptors (Lipinski definition) is 0. The molecule has 0 aliphatic heterocycles. The summed E-state index contributed by atoms with van der Waals surface area (Å²) in [6.45, 7) is 6.87. The van der Waals surface area contributed by atoms with E-state index in [1.165, 1.54) is 18.4 Å². The Kier molecular flexibility index (Phi) is 6.02. The van der Waals surface area contributed by atoms with Crippen LogP contribution in [0.4, 0.5) is 0 Å². The maximum absolute atomic E-state index is 6.07. The molecule has 1 aromatic carbocycles. The zero-order valence-electron chi connectivity index (χ0n) is 11.0. The molecule has 1 aromatic rings. The van der Waals surface area contributed by atoms with Crippen LogP contribution in [0.15, 0.2) is 28.7 Å². The first-order valence-electron chi connectivity index (χ1n) is 6.21. The lowest BCUT2D eigenvalue weighted by molar-refractivity contribution is 0.331. The minimum Gasteiger partial charge on any atom is -0.126 e. The first-order valence-corrected chi connectivity index (χ1v) is 7.54. The quantitative estimate of drug-likeness (QED) is 0.613. The van der Waals surface area contributed by atoms with Gasteiger partial charge in [0.15, 0.2) is 0 Å². The highest BCUT2D eigenvalue weighted by atomic mass is 79.9. The average molecular weight is 318 g/mol.